The quantitative estimate of drug-likeness (QED) is 0.827. The Morgan fingerprint density at radius 2 is 2.06 bits per heavy atom. The van der Waals surface area contributed by atoms with Gasteiger partial charge < -0.3 is 10.2 Å². The van der Waals surface area contributed by atoms with Gasteiger partial charge in [0.2, 0.25) is 0 Å². The third kappa shape index (κ3) is 3.48. The molecule has 1 saturated heterocycles. The third-order valence-electron chi connectivity index (χ3n) is 5.06. The number of nitrogens with zero attached hydrogens (tertiary/aromatic N) is 1. The summed E-state index contributed by atoms with van der Waals surface area (Å²) >= 11 is 0. The molecule has 1 N–H and O–H groups in total. The Kier molecular flexibility index (Phi) is 4.71. The average molecular weight is 252 g/mol. The summed E-state index contributed by atoms with van der Waals surface area (Å²) in [4.78, 5) is 2.77. The molecule has 2 rings (SSSR count). The number of nitrogens with one attached hydrogen (secondary N) is 1. The van der Waals surface area contributed by atoms with Crippen LogP contribution in [0.4, 0.5) is 0 Å². The van der Waals surface area contributed by atoms with Crippen LogP contribution in [0.25, 0.3) is 0 Å². The summed E-state index contributed by atoms with van der Waals surface area (Å²) in [7, 11) is 0. The highest BCUT2D eigenvalue weighted by atomic mass is 15.2. The van der Waals surface area contributed by atoms with Gasteiger partial charge in [0.25, 0.3) is 0 Å². The van der Waals surface area contributed by atoms with Crippen molar-refractivity contribution in [2.24, 2.45) is 17.3 Å². The van der Waals surface area contributed by atoms with Crippen molar-refractivity contribution in [3.05, 3.63) is 0 Å². The molecular formula is C16H32N2. The van der Waals surface area contributed by atoms with E-state index in [1.807, 2.05) is 0 Å². The number of hydrogen-bond acceptors (Lipinski definition) is 2. The Balaban J connectivity index is 1.91. The molecule has 1 saturated carbocycles. The van der Waals surface area contributed by atoms with Crippen molar-refractivity contribution in [2.75, 3.05) is 26.2 Å². The lowest BCUT2D eigenvalue weighted by atomic mass is 9.91. The van der Waals surface area contributed by atoms with Gasteiger partial charge in [0.15, 0.2) is 0 Å². The number of piperidine rings is 1. The second-order valence-corrected chi connectivity index (χ2v) is 7.42. The molecule has 3 unspecified atom stereocenters. The molecule has 2 aliphatic rings. The lowest BCUT2D eigenvalue weighted by molar-refractivity contribution is 0.134. The molecule has 0 bridgehead atoms. The monoisotopic (exact) mass is 252 g/mol. The Morgan fingerprint density at radius 3 is 2.56 bits per heavy atom. The number of rotatable bonds is 4. The van der Waals surface area contributed by atoms with Crippen molar-refractivity contribution < 1.29 is 0 Å². The second-order valence-electron chi connectivity index (χ2n) is 7.42. The molecule has 2 fully saturated rings. The standard InChI is InChI=1S/C16H32N2/c1-5-18(12-14-7-6-8-17-11-14)15-10-16(3,4)9-13(15)2/h13-15,17H,5-12H2,1-4H3. The summed E-state index contributed by atoms with van der Waals surface area (Å²) in [6.07, 6.45) is 5.58. The van der Waals surface area contributed by atoms with Crippen LogP contribution in [0.3, 0.4) is 0 Å². The highest BCUT2D eigenvalue weighted by Crippen LogP contribution is 2.43. The van der Waals surface area contributed by atoms with Gasteiger partial charge in [0, 0.05) is 12.6 Å². The highest BCUT2D eigenvalue weighted by Gasteiger charge is 2.39. The molecule has 0 radical (unpaired) electrons. The molecule has 2 heteroatoms. The lowest BCUT2D eigenvalue weighted by Gasteiger charge is -2.35. The van der Waals surface area contributed by atoms with E-state index in [1.54, 1.807) is 0 Å². The Hall–Kier alpha value is -0.0800. The van der Waals surface area contributed by atoms with E-state index in [0.717, 1.165) is 17.9 Å². The summed E-state index contributed by atoms with van der Waals surface area (Å²) in [5.41, 5.74) is 0.558. The molecule has 1 aliphatic heterocycles. The first-order valence-electron chi connectivity index (χ1n) is 7.96. The summed E-state index contributed by atoms with van der Waals surface area (Å²) < 4.78 is 0. The van der Waals surface area contributed by atoms with E-state index in [2.05, 4.69) is 37.9 Å². The third-order valence-corrected chi connectivity index (χ3v) is 5.06. The largest absolute Gasteiger partial charge is 0.316 e. The van der Waals surface area contributed by atoms with Gasteiger partial charge in [0.05, 0.1) is 0 Å². The molecule has 0 aromatic heterocycles. The van der Waals surface area contributed by atoms with Crippen molar-refractivity contribution in [2.45, 2.75) is 59.4 Å². The van der Waals surface area contributed by atoms with Gasteiger partial charge in [-0.05, 0) is 62.6 Å². The zero-order valence-electron chi connectivity index (χ0n) is 12.8. The van der Waals surface area contributed by atoms with Gasteiger partial charge in [-0.15, -0.1) is 0 Å². The van der Waals surface area contributed by atoms with Crippen LogP contribution in [0.2, 0.25) is 0 Å². The van der Waals surface area contributed by atoms with Gasteiger partial charge in [-0.25, -0.2) is 0 Å². The summed E-state index contributed by atoms with van der Waals surface area (Å²) in [5.74, 6) is 1.76. The first-order chi connectivity index (χ1) is 8.52. The first-order valence-corrected chi connectivity index (χ1v) is 7.96. The Bertz CT molecular complexity index is 256. The molecule has 2 nitrogen and oxygen atoms in total. The van der Waals surface area contributed by atoms with Crippen molar-refractivity contribution in [3.63, 3.8) is 0 Å². The van der Waals surface area contributed by atoms with Crippen LogP contribution in [0, 0.1) is 17.3 Å². The molecule has 0 amide bonds. The Labute approximate surface area is 114 Å². The van der Waals surface area contributed by atoms with E-state index in [4.69, 9.17) is 0 Å². The fourth-order valence-electron chi connectivity index (χ4n) is 4.26. The zero-order chi connectivity index (χ0) is 13.2. The fourth-order valence-corrected chi connectivity index (χ4v) is 4.26. The van der Waals surface area contributed by atoms with Crippen LogP contribution < -0.4 is 5.32 Å². The normalized spacial score (nSPS) is 36.2. The number of hydrogen-bond donors (Lipinski definition) is 1. The smallest absolute Gasteiger partial charge is 0.0126 e. The van der Waals surface area contributed by atoms with Gasteiger partial charge in [0.1, 0.15) is 0 Å². The maximum absolute atomic E-state index is 3.56. The average Bonchev–Trinajstić information content (AvgIpc) is 2.61. The van der Waals surface area contributed by atoms with Crippen molar-refractivity contribution in [1.82, 2.24) is 10.2 Å². The van der Waals surface area contributed by atoms with Crippen molar-refractivity contribution >= 4 is 0 Å². The van der Waals surface area contributed by atoms with Gasteiger partial charge in [-0.3, -0.25) is 0 Å². The van der Waals surface area contributed by atoms with Crippen LogP contribution in [0.5, 0.6) is 0 Å². The molecule has 0 aromatic rings. The van der Waals surface area contributed by atoms with E-state index in [9.17, 15) is 0 Å². The first kappa shape index (κ1) is 14.3. The molecule has 3 atom stereocenters. The van der Waals surface area contributed by atoms with Crippen LogP contribution >= 0.6 is 0 Å². The van der Waals surface area contributed by atoms with Gasteiger partial charge >= 0.3 is 0 Å². The van der Waals surface area contributed by atoms with Crippen LogP contribution in [-0.4, -0.2) is 37.1 Å². The minimum atomic E-state index is 0.558. The van der Waals surface area contributed by atoms with Gasteiger partial charge in [-0.1, -0.05) is 27.7 Å². The van der Waals surface area contributed by atoms with E-state index >= 15 is 0 Å². The van der Waals surface area contributed by atoms with E-state index < -0.39 is 0 Å². The predicted molar refractivity (Wildman–Crippen MR) is 78.8 cm³/mol. The zero-order valence-corrected chi connectivity index (χ0v) is 12.8. The summed E-state index contributed by atoms with van der Waals surface area (Å²) in [6.45, 7) is 14.7. The maximum atomic E-state index is 3.56. The van der Waals surface area contributed by atoms with Crippen LogP contribution in [0.1, 0.15) is 53.4 Å². The van der Waals surface area contributed by atoms with E-state index in [1.165, 1.54) is 51.9 Å². The molecule has 0 aromatic carbocycles. The second kappa shape index (κ2) is 5.92. The van der Waals surface area contributed by atoms with Crippen LogP contribution in [-0.2, 0) is 0 Å². The highest BCUT2D eigenvalue weighted by molar-refractivity contribution is 4.93. The summed E-state index contributed by atoms with van der Waals surface area (Å²) in [5, 5.41) is 3.56. The molecule has 0 spiro atoms. The van der Waals surface area contributed by atoms with Gasteiger partial charge in [-0.2, -0.15) is 0 Å². The van der Waals surface area contributed by atoms with Crippen molar-refractivity contribution in [1.29, 1.82) is 0 Å². The van der Waals surface area contributed by atoms with Crippen LogP contribution in [0.15, 0.2) is 0 Å². The minimum Gasteiger partial charge on any atom is -0.316 e. The van der Waals surface area contributed by atoms with E-state index in [0.29, 0.717) is 5.41 Å². The SMILES string of the molecule is CCN(CC1CCCNC1)C1CC(C)(C)CC1C. The molecular weight excluding hydrogens is 220 g/mol. The molecule has 18 heavy (non-hydrogen) atoms. The molecule has 1 aliphatic carbocycles. The summed E-state index contributed by atoms with van der Waals surface area (Å²) in [6, 6.07) is 0.826. The molecule has 106 valence electrons. The minimum absolute atomic E-state index is 0.558. The maximum Gasteiger partial charge on any atom is 0.0126 e. The predicted octanol–water partition coefficient (Wildman–Crippen LogP) is 3.13. The topological polar surface area (TPSA) is 15.3 Å². The van der Waals surface area contributed by atoms with E-state index in [-0.39, 0.29) is 0 Å². The Morgan fingerprint density at radius 1 is 1.28 bits per heavy atom. The molecule has 1 heterocycles. The lowest BCUT2D eigenvalue weighted by Crippen LogP contribution is -2.44. The fraction of sp³-hybridized carbons (Fsp3) is 1.00. The van der Waals surface area contributed by atoms with Crippen molar-refractivity contribution in [3.8, 4) is 0 Å².